The van der Waals surface area contributed by atoms with Crippen molar-refractivity contribution in [3.05, 3.63) is 5.21 Å². The molecule has 0 N–H and O–H groups in total. The summed E-state index contributed by atoms with van der Waals surface area (Å²) in [5.41, 5.74) is 0.311. The molecule has 0 atom stereocenters. The predicted molar refractivity (Wildman–Crippen MR) is 56.2 cm³/mol. The van der Waals surface area contributed by atoms with Crippen molar-refractivity contribution in [2.24, 2.45) is 23.2 Å². The second-order valence-corrected chi connectivity index (χ2v) is 5.96. The molecule has 0 radical (unpaired) electrons. The number of hydrogen-bond acceptors (Lipinski definition) is 1. The predicted octanol–water partition coefficient (Wildman–Crippen LogP) is 2.41. The van der Waals surface area contributed by atoms with E-state index in [1.165, 1.54) is 38.5 Å². The lowest BCUT2D eigenvalue weighted by molar-refractivity contribution is -0.423. The fourth-order valence-corrected chi connectivity index (χ4v) is 4.72. The molecule has 14 heavy (non-hydrogen) atoms. The molecule has 0 aromatic carbocycles. The molecular weight excluding hydrogens is 174 g/mol. The highest BCUT2D eigenvalue weighted by molar-refractivity contribution is 5.62. The molecule has 4 rings (SSSR count). The van der Waals surface area contributed by atoms with E-state index in [9.17, 15) is 5.21 Å². The van der Waals surface area contributed by atoms with Gasteiger partial charge in [0.1, 0.15) is 7.05 Å². The van der Waals surface area contributed by atoms with E-state index in [-0.39, 0.29) is 0 Å². The average Bonchev–Trinajstić information content (AvgIpc) is 1.96. The summed E-state index contributed by atoms with van der Waals surface area (Å²) in [4.78, 5) is 0. The molecular formula is C12H19NO. The van der Waals surface area contributed by atoms with E-state index in [1.54, 1.807) is 7.05 Å². The third kappa shape index (κ3) is 1.27. The van der Waals surface area contributed by atoms with Crippen molar-refractivity contribution < 1.29 is 4.74 Å². The van der Waals surface area contributed by atoms with Gasteiger partial charge in [0, 0.05) is 5.41 Å². The zero-order valence-electron chi connectivity index (χ0n) is 8.91. The molecule has 2 nitrogen and oxygen atoms in total. The standard InChI is InChI=1S/C12H19NO/c1-13(14)8-12-5-9-2-10(6-12)4-11(3-9)7-12/h8-11H,2-7H2,1H3. The summed E-state index contributed by atoms with van der Waals surface area (Å²) in [5.74, 6) is 2.83. The molecule has 78 valence electrons. The quantitative estimate of drug-likeness (QED) is 0.272. The highest BCUT2D eigenvalue weighted by Gasteiger charge is 2.51. The summed E-state index contributed by atoms with van der Waals surface area (Å²) >= 11 is 0. The zero-order chi connectivity index (χ0) is 9.76. The molecule has 0 saturated heterocycles. The second kappa shape index (κ2) is 2.74. The lowest BCUT2D eigenvalue weighted by atomic mass is 9.50. The molecule has 0 heterocycles. The Bertz CT molecular complexity index is 243. The van der Waals surface area contributed by atoms with E-state index in [0.29, 0.717) is 5.41 Å². The van der Waals surface area contributed by atoms with Crippen LogP contribution in [0.3, 0.4) is 0 Å². The molecule has 4 saturated carbocycles. The maximum absolute atomic E-state index is 11.2. The molecule has 0 aliphatic heterocycles. The first-order chi connectivity index (χ1) is 6.65. The Hall–Kier alpha value is -0.530. The Morgan fingerprint density at radius 3 is 1.86 bits per heavy atom. The van der Waals surface area contributed by atoms with Crippen LogP contribution in [0.15, 0.2) is 0 Å². The van der Waals surface area contributed by atoms with Crippen LogP contribution in [0.5, 0.6) is 0 Å². The molecule has 4 fully saturated rings. The largest absolute Gasteiger partial charge is 0.624 e. The van der Waals surface area contributed by atoms with Crippen LogP contribution in [-0.4, -0.2) is 18.0 Å². The van der Waals surface area contributed by atoms with E-state index < -0.39 is 0 Å². The van der Waals surface area contributed by atoms with Gasteiger partial charge in [-0.15, -0.1) is 0 Å². The van der Waals surface area contributed by atoms with Crippen LogP contribution in [-0.2, 0) is 0 Å². The minimum Gasteiger partial charge on any atom is -0.624 e. The van der Waals surface area contributed by atoms with Crippen molar-refractivity contribution in [3.8, 4) is 0 Å². The molecule has 0 aromatic heterocycles. The minimum atomic E-state index is 0.311. The molecule has 2 heteroatoms. The Balaban J connectivity index is 1.91. The summed E-state index contributed by atoms with van der Waals surface area (Å²) in [5, 5.41) is 11.2. The first kappa shape index (κ1) is 8.75. The molecule has 0 unspecified atom stereocenters. The highest BCUT2D eigenvalue weighted by Crippen LogP contribution is 2.59. The normalized spacial score (nSPS) is 51.2. The number of hydroxylamine groups is 1. The molecule has 0 amide bonds. The second-order valence-electron chi connectivity index (χ2n) is 5.96. The van der Waals surface area contributed by atoms with Crippen LogP contribution in [0, 0.1) is 28.4 Å². The Labute approximate surface area is 85.6 Å². The van der Waals surface area contributed by atoms with Crippen molar-refractivity contribution in [1.29, 1.82) is 0 Å². The number of hydrogen-bond donors (Lipinski definition) is 0. The molecule has 4 aliphatic rings. The monoisotopic (exact) mass is 193 g/mol. The lowest BCUT2D eigenvalue weighted by Crippen LogP contribution is -2.47. The zero-order valence-corrected chi connectivity index (χ0v) is 8.91. The van der Waals surface area contributed by atoms with E-state index in [4.69, 9.17) is 0 Å². The fraction of sp³-hybridized carbons (Fsp3) is 0.917. The first-order valence-corrected chi connectivity index (χ1v) is 5.91. The molecule has 0 spiro atoms. The number of nitrogens with zero attached hydrogens (tertiary/aromatic N) is 1. The smallest absolute Gasteiger partial charge is 0.156 e. The van der Waals surface area contributed by atoms with Crippen LogP contribution >= 0.6 is 0 Å². The van der Waals surface area contributed by atoms with Crippen LogP contribution in [0.1, 0.15) is 38.5 Å². The van der Waals surface area contributed by atoms with Crippen molar-refractivity contribution >= 4 is 6.21 Å². The molecule has 4 bridgehead atoms. The van der Waals surface area contributed by atoms with Crippen molar-refractivity contribution in [2.45, 2.75) is 38.5 Å². The van der Waals surface area contributed by atoms with Gasteiger partial charge in [-0.05, 0) is 56.3 Å². The van der Waals surface area contributed by atoms with E-state index in [1.807, 2.05) is 6.21 Å². The SMILES string of the molecule is C[N+]([O-])=CC12CC3CC(CC(C3)C1)C2. The number of rotatable bonds is 1. The van der Waals surface area contributed by atoms with Crippen molar-refractivity contribution in [3.63, 3.8) is 0 Å². The molecule has 4 aliphatic carbocycles. The van der Waals surface area contributed by atoms with Gasteiger partial charge in [0.05, 0.1) is 0 Å². The van der Waals surface area contributed by atoms with Crippen LogP contribution in [0.4, 0.5) is 0 Å². The Morgan fingerprint density at radius 2 is 1.50 bits per heavy atom. The van der Waals surface area contributed by atoms with Crippen molar-refractivity contribution in [1.82, 2.24) is 0 Å². The van der Waals surface area contributed by atoms with E-state index >= 15 is 0 Å². The average molecular weight is 193 g/mol. The third-order valence-electron chi connectivity index (χ3n) is 4.54. The summed E-state index contributed by atoms with van der Waals surface area (Å²) in [6.45, 7) is 0. The lowest BCUT2D eigenvalue weighted by Gasteiger charge is -2.54. The maximum Gasteiger partial charge on any atom is 0.156 e. The van der Waals surface area contributed by atoms with Gasteiger partial charge in [0.15, 0.2) is 6.21 Å². The van der Waals surface area contributed by atoms with Crippen LogP contribution in [0.2, 0.25) is 0 Å². The molecule has 0 aromatic rings. The van der Waals surface area contributed by atoms with Gasteiger partial charge in [-0.2, -0.15) is 0 Å². The van der Waals surface area contributed by atoms with Gasteiger partial charge in [-0.25, -0.2) is 4.74 Å². The van der Waals surface area contributed by atoms with E-state index in [0.717, 1.165) is 22.5 Å². The maximum atomic E-state index is 11.2. The van der Waals surface area contributed by atoms with Gasteiger partial charge in [0.25, 0.3) is 0 Å². The van der Waals surface area contributed by atoms with Crippen LogP contribution in [0.25, 0.3) is 0 Å². The summed E-state index contributed by atoms with van der Waals surface area (Å²) in [6.07, 6.45) is 10.2. The Kier molecular flexibility index (Phi) is 1.71. The minimum absolute atomic E-state index is 0.311. The third-order valence-corrected chi connectivity index (χ3v) is 4.54. The fourth-order valence-electron chi connectivity index (χ4n) is 4.72. The van der Waals surface area contributed by atoms with Gasteiger partial charge in [0.2, 0.25) is 0 Å². The summed E-state index contributed by atoms with van der Waals surface area (Å²) < 4.78 is 1.05. The van der Waals surface area contributed by atoms with Crippen molar-refractivity contribution in [2.75, 3.05) is 7.05 Å². The first-order valence-electron chi connectivity index (χ1n) is 5.91. The summed E-state index contributed by atoms with van der Waals surface area (Å²) in [7, 11) is 1.64. The highest BCUT2D eigenvalue weighted by atomic mass is 16.5. The Morgan fingerprint density at radius 1 is 1.07 bits per heavy atom. The topological polar surface area (TPSA) is 26.1 Å². The van der Waals surface area contributed by atoms with Gasteiger partial charge < -0.3 is 5.21 Å². The van der Waals surface area contributed by atoms with Crippen LogP contribution < -0.4 is 0 Å². The van der Waals surface area contributed by atoms with E-state index in [2.05, 4.69) is 0 Å². The van der Waals surface area contributed by atoms with Gasteiger partial charge in [-0.1, -0.05) is 0 Å². The van der Waals surface area contributed by atoms with Gasteiger partial charge in [-0.3, -0.25) is 0 Å². The summed E-state index contributed by atoms with van der Waals surface area (Å²) in [6, 6.07) is 0. The van der Waals surface area contributed by atoms with Gasteiger partial charge >= 0.3 is 0 Å².